The van der Waals surface area contributed by atoms with Crippen molar-refractivity contribution in [3.05, 3.63) is 55.1 Å². The van der Waals surface area contributed by atoms with Crippen LogP contribution in [0.3, 0.4) is 0 Å². The van der Waals surface area contributed by atoms with Crippen LogP contribution in [0.1, 0.15) is 38.5 Å². The van der Waals surface area contributed by atoms with Crippen molar-refractivity contribution < 1.29 is 9.53 Å². The molecule has 6 heteroatoms. The molecule has 2 heterocycles. The predicted molar refractivity (Wildman–Crippen MR) is 127 cm³/mol. The van der Waals surface area contributed by atoms with E-state index >= 15 is 0 Å². The molecule has 170 valence electrons. The van der Waals surface area contributed by atoms with Gasteiger partial charge in [-0.3, -0.25) is 4.57 Å². The zero-order valence-electron chi connectivity index (χ0n) is 19.3. The van der Waals surface area contributed by atoms with Crippen LogP contribution in [0.15, 0.2) is 55.1 Å². The summed E-state index contributed by atoms with van der Waals surface area (Å²) < 4.78 is 6.82. The number of benzene rings is 1. The summed E-state index contributed by atoms with van der Waals surface area (Å²) in [5, 5.41) is 0. The fourth-order valence-corrected chi connectivity index (χ4v) is 6.96. The summed E-state index contributed by atoms with van der Waals surface area (Å²) in [6, 6.07) is 12.1. The Morgan fingerprint density at radius 2 is 1.70 bits per heavy atom. The number of hydrogen-bond donors (Lipinski definition) is 0. The highest BCUT2D eigenvalue weighted by atomic mass is 16.5. The van der Waals surface area contributed by atoms with Crippen LogP contribution in [-0.4, -0.2) is 45.2 Å². The first-order chi connectivity index (χ1) is 16.0. The van der Waals surface area contributed by atoms with Crippen molar-refractivity contribution in [3.63, 3.8) is 0 Å². The lowest BCUT2D eigenvalue weighted by atomic mass is 9.52. The van der Waals surface area contributed by atoms with Crippen LogP contribution < -0.4 is 4.74 Å². The van der Waals surface area contributed by atoms with Crippen LogP contribution in [0, 0.1) is 17.8 Å². The Bertz CT molecular complexity index is 1150. The molecule has 7 rings (SSSR count). The normalized spacial score (nSPS) is 27.5. The van der Waals surface area contributed by atoms with E-state index in [1.807, 2.05) is 42.4 Å². The van der Waals surface area contributed by atoms with E-state index in [-0.39, 0.29) is 11.6 Å². The van der Waals surface area contributed by atoms with E-state index in [1.165, 1.54) is 38.5 Å². The highest BCUT2D eigenvalue weighted by Gasteiger charge is 2.54. The molecule has 4 fully saturated rings. The van der Waals surface area contributed by atoms with Crippen molar-refractivity contribution in [2.45, 2.75) is 44.1 Å². The van der Waals surface area contributed by atoms with E-state index in [0.717, 1.165) is 40.1 Å². The van der Waals surface area contributed by atoms with E-state index in [1.54, 1.807) is 24.2 Å². The number of carbonyl (C=O) groups excluding carboxylic acids is 1. The number of rotatable bonds is 4. The largest absolute Gasteiger partial charge is 0.481 e. The molecule has 0 atom stereocenters. The maximum atomic E-state index is 13.5. The highest BCUT2D eigenvalue weighted by molar-refractivity contribution is 5.79. The quantitative estimate of drug-likeness (QED) is 0.536. The van der Waals surface area contributed by atoms with E-state index in [4.69, 9.17) is 4.74 Å². The van der Waals surface area contributed by atoms with Crippen molar-refractivity contribution in [1.29, 1.82) is 0 Å². The molecule has 0 spiro atoms. The second-order valence-corrected chi connectivity index (χ2v) is 10.3. The van der Waals surface area contributed by atoms with Crippen molar-refractivity contribution in [3.8, 4) is 28.3 Å². The summed E-state index contributed by atoms with van der Waals surface area (Å²) in [5.41, 5.74) is 3.87. The van der Waals surface area contributed by atoms with Gasteiger partial charge in [-0.05, 0) is 74.0 Å². The minimum absolute atomic E-state index is 0.0335. The summed E-state index contributed by atoms with van der Waals surface area (Å²) in [6.45, 7) is 0. The Hall–Kier alpha value is -3.15. The van der Waals surface area contributed by atoms with Gasteiger partial charge in [-0.25, -0.2) is 14.8 Å². The van der Waals surface area contributed by atoms with Gasteiger partial charge in [-0.1, -0.05) is 18.2 Å². The second-order valence-electron chi connectivity index (χ2n) is 10.3. The Balaban J connectivity index is 1.23. The lowest BCUT2D eigenvalue weighted by Crippen LogP contribution is -2.60. The van der Waals surface area contributed by atoms with Crippen LogP contribution >= 0.6 is 0 Å². The molecule has 4 aliphatic rings. The Morgan fingerprint density at radius 1 is 1.00 bits per heavy atom. The number of nitrogens with zero attached hydrogens (tertiary/aromatic N) is 4. The molecule has 0 N–H and O–H groups in total. The predicted octanol–water partition coefficient (Wildman–Crippen LogP) is 5.49. The molecule has 33 heavy (non-hydrogen) atoms. The van der Waals surface area contributed by atoms with E-state index < -0.39 is 0 Å². The molecular weight excluding hydrogens is 412 g/mol. The molecule has 2 aromatic heterocycles. The topological polar surface area (TPSA) is 60.2 Å². The highest BCUT2D eigenvalue weighted by Crippen LogP contribution is 2.57. The smallest absolute Gasteiger partial charge is 0.329 e. The Kier molecular flexibility index (Phi) is 4.78. The lowest BCUT2D eigenvalue weighted by molar-refractivity contribution is -0.0620. The van der Waals surface area contributed by atoms with Gasteiger partial charge in [0.2, 0.25) is 5.88 Å². The fraction of sp³-hybridized carbons (Fsp3) is 0.444. The number of methoxy groups -OCH3 is 1. The fourth-order valence-electron chi connectivity index (χ4n) is 6.96. The standard InChI is InChI=1S/C27H30N4O2/c1-30(27-12-18-8-19(13-27)10-20(9-18)14-27)26(32)31-16-24(29-17-31)22-5-3-4-21(11-22)23-6-7-25(33-2)28-15-23/h3-7,11,15-20H,8-10,12-14H2,1-2H3. The average molecular weight is 443 g/mol. The van der Waals surface area contributed by atoms with Crippen LogP contribution in [-0.2, 0) is 0 Å². The van der Waals surface area contributed by atoms with Gasteiger partial charge in [0.25, 0.3) is 0 Å². The van der Waals surface area contributed by atoms with Crippen LogP contribution in [0.5, 0.6) is 5.88 Å². The van der Waals surface area contributed by atoms with Crippen LogP contribution in [0.4, 0.5) is 4.79 Å². The van der Waals surface area contributed by atoms with Gasteiger partial charge in [0.15, 0.2) is 0 Å². The maximum absolute atomic E-state index is 13.5. The van der Waals surface area contributed by atoms with Gasteiger partial charge in [0.1, 0.15) is 6.33 Å². The van der Waals surface area contributed by atoms with Gasteiger partial charge in [0.05, 0.1) is 12.8 Å². The summed E-state index contributed by atoms with van der Waals surface area (Å²) in [7, 11) is 3.62. The average Bonchev–Trinajstić information content (AvgIpc) is 3.33. The van der Waals surface area contributed by atoms with Crippen LogP contribution in [0.25, 0.3) is 22.4 Å². The molecule has 3 aromatic rings. The van der Waals surface area contributed by atoms with Crippen molar-refractivity contribution in [1.82, 2.24) is 19.4 Å². The van der Waals surface area contributed by atoms with Gasteiger partial charge in [0, 0.05) is 42.2 Å². The van der Waals surface area contributed by atoms with Gasteiger partial charge < -0.3 is 9.64 Å². The van der Waals surface area contributed by atoms with Gasteiger partial charge in [-0.2, -0.15) is 0 Å². The molecule has 0 saturated heterocycles. The minimum Gasteiger partial charge on any atom is -0.481 e. The summed E-state index contributed by atoms with van der Waals surface area (Å²) in [6.07, 6.45) is 13.0. The number of hydrogen-bond acceptors (Lipinski definition) is 4. The molecule has 1 aromatic carbocycles. The molecule has 0 unspecified atom stereocenters. The first-order valence-corrected chi connectivity index (χ1v) is 12.0. The number of aromatic nitrogens is 3. The molecule has 4 aliphatic carbocycles. The van der Waals surface area contributed by atoms with Crippen molar-refractivity contribution in [2.75, 3.05) is 14.2 Å². The summed E-state index contributed by atoms with van der Waals surface area (Å²) in [5.74, 6) is 3.01. The Labute approximate surface area is 194 Å². The van der Waals surface area contributed by atoms with E-state index in [2.05, 4.69) is 22.1 Å². The number of amides is 1. The van der Waals surface area contributed by atoms with Crippen LogP contribution in [0.2, 0.25) is 0 Å². The van der Waals surface area contributed by atoms with Crippen molar-refractivity contribution in [2.24, 2.45) is 17.8 Å². The minimum atomic E-state index is 0.0335. The Morgan fingerprint density at radius 3 is 2.33 bits per heavy atom. The maximum Gasteiger partial charge on any atom is 0.329 e. The first kappa shape index (κ1) is 20.5. The third kappa shape index (κ3) is 3.52. The van der Waals surface area contributed by atoms with E-state index in [9.17, 15) is 4.79 Å². The second kappa shape index (κ2) is 7.72. The molecule has 4 bridgehead atoms. The number of carbonyl (C=O) groups is 1. The molecular formula is C27H30N4O2. The van der Waals surface area contributed by atoms with Gasteiger partial charge >= 0.3 is 6.03 Å². The molecule has 4 saturated carbocycles. The number of pyridine rings is 1. The zero-order chi connectivity index (χ0) is 22.6. The summed E-state index contributed by atoms with van der Waals surface area (Å²) in [4.78, 5) is 24.4. The van der Waals surface area contributed by atoms with E-state index in [0.29, 0.717) is 5.88 Å². The zero-order valence-corrected chi connectivity index (χ0v) is 19.3. The number of ether oxygens (including phenoxy) is 1. The summed E-state index contributed by atoms with van der Waals surface area (Å²) >= 11 is 0. The molecule has 6 nitrogen and oxygen atoms in total. The third-order valence-electron chi connectivity index (χ3n) is 8.24. The molecule has 0 radical (unpaired) electrons. The first-order valence-electron chi connectivity index (χ1n) is 12.0. The molecule has 0 aliphatic heterocycles. The lowest BCUT2D eigenvalue weighted by Gasteiger charge is -2.59. The van der Waals surface area contributed by atoms with Crippen molar-refractivity contribution >= 4 is 6.03 Å². The SMILES string of the molecule is COc1ccc(-c2cccc(-c3cn(C(=O)N(C)C45CC6CC(CC(C6)C4)C5)cn3)c2)cn1. The monoisotopic (exact) mass is 442 g/mol. The molecule has 1 amide bonds. The number of imidazole rings is 1. The van der Waals surface area contributed by atoms with Gasteiger partial charge in [-0.15, -0.1) is 0 Å². The third-order valence-corrected chi connectivity index (χ3v) is 8.24.